The molecule has 0 spiro atoms. The summed E-state index contributed by atoms with van der Waals surface area (Å²) in [7, 11) is 0. The monoisotopic (exact) mass is 500 g/mol. The largest absolute Gasteiger partial charge is 0.456 e. The Hall–Kier alpha value is -5.42. The summed E-state index contributed by atoms with van der Waals surface area (Å²) in [5.74, 6) is 0.598. The van der Waals surface area contributed by atoms with Crippen molar-refractivity contribution in [3.05, 3.63) is 122 Å². The molecule has 39 heavy (non-hydrogen) atoms. The number of hydrogen-bond acceptors (Lipinski definition) is 5. The predicted molar refractivity (Wildman–Crippen MR) is 156 cm³/mol. The van der Waals surface area contributed by atoms with Gasteiger partial charge in [0.05, 0.1) is 16.7 Å². The minimum Gasteiger partial charge on any atom is -0.456 e. The van der Waals surface area contributed by atoms with Gasteiger partial charge < -0.3 is 4.42 Å². The molecule has 8 aromatic rings. The third-order valence-electron chi connectivity index (χ3n) is 7.19. The first-order valence-electron chi connectivity index (χ1n) is 12.8. The van der Waals surface area contributed by atoms with Crippen LogP contribution in [0.15, 0.2) is 126 Å². The highest BCUT2D eigenvalue weighted by atomic mass is 16.3. The van der Waals surface area contributed by atoms with E-state index in [1.54, 1.807) is 18.5 Å². The second kappa shape index (κ2) is 8.57. The number of para-hydroxylation sites is 1. The second-order valence-corrected chi connectivity index (χ2v) is 9.53. The topological polar surface area (TPSA) is 64.7 Å². The van der Waals surface area contributed by atoms with Crippen molar-refractivity contribution in [2.45, 2.75) is 0 Å². The van der Waals surface area contributed by atoms with E-state index in [0.717, 1.165) is 71.8 Å². The molecule has 0 aliphatic rings. The first kappa shape index (κ1) is 21.6. The van der Waals surface area contributed by atoms with Crippen LogP contribution in [0.4, 0.5) is 0 Å². The van der Waals surface area contributed by atoms with Crippen molar-refractivity contribution < 1.29 is 4.42 Å². The van der Waals surface area contributed by atoms with Crippen LogP contribution in [0.1, 0.15) is 0 Å². The number of rotatable bonds is 3. The van der Waals surface area contributed by atoms with Crippen LogP contribution < -0.4 is 0 Å². The Bertz CT molecular complexity index is 2180. The summed E-state index contributed by atoms with van der Waals surface area (Å²) in [6.07, 6.45) is 3.46. The van der Waals surface area contributed by atoms with Crippen LogP contribution in [0.25, 0.3) is 77.6 Å². The fourth-order valence-electron chi connectivity index (χ4n) is 5.35. The lowest BCUT2D eigenvalue weighted by atomic mass is 9.97. The minimum absolute atomic E-state index is 0.598. The summed E-state index contributed by atoms with van der Waals surface area (Å²) < 4.78 is 6.13. The molecule has 0 N–H and O–H groups in total. The van der Waals surface area contributed by atoms with Crippen LogP contribution in [0.2, 0.25) is 0 Å². The average molecular weight is 501 g/mol. The second-order valence-electron chi connectivity index (χ2n) is 9.53. The summed E-state index contributed by atoms with van der Waals surface area (Å²) in [4.78, 5) is 18.8. The van der Waals surface area contributed by atoms with Gasteiger partial charge in [0.25, 0.3) is 0 Å². The zero-order valence-electron chi connectivity index (χ0n) is 20.7. The molecule has 182 valence electrons. The molecule has 0 amide bonds. The van der Waals surface area contributed by atoms with Gasteiger partial charge in [0, 0.05) is 39.5 Å². The SMILES string of the molecule is c1cnc(-c2ccc3ccc4ccc(-c5cccc(-c6cccc7oc8ccccc8c67)c5)nc4c3n2)nc1. The molecule has 4 heterocycles. The van der Waals surface area contributed by atoms with Gasteiger partial charge >= 0.3 is 0 Å². The molecular formula is C34H20N4O. The highest BCUT2D eigenvalue weighted by Crippen LogP contribution is 2.37. The van der Waals surface area contributed by atoms with E-state index in [1.165, 1.54) is 0 Å². The third-order valence-corrected chi connectivity index (χ3v) is 7.19. The number of nitrogens with zero attached hydrogens (tertiary/aromatic N) is 4. The molecule has 4 aromatic carbocycles. The van der Waals surface area contributed by atoms with Crippen molar-refractivity contribution in [2.24, 2.45) is 0 Å². The van der Waals surface area contributed by atoms with Gasteiger partial charge in [-0.15, -0.1) is 0 Å². The molecule has 4 aromatic heterocycles. The highest BCUT2D eigenvalue weighted by Gasteiger charge is 2.14. The molecule has 8 rings (SSSR count). The van der Waals surface area contributed by atoms with Crippen molar-refractivity contribution in [3.8, 4) is 33.9 Å². The molecule has 0 unspecified atom stereocenters. The van der Waals surface area contributed by atoms with E-state index in [-0.39, 0.29) is 0 Å². The quantitative estimate of drug-likeness (QED) is 0.228. The Morgan fingerprint density at radius 2 is 1.18 bits per heavy atom. The molecule has 0 aliphatic carbocycles. The van der Waals surface area contributed by atoms with E-state index < -0.39 is 0 Å². The summed E-state index contributed by atoms with van der Waals surface area (Å²) in [6.45, 7) is 0. The minimum atomic E-state index is 0.598. The summed E-state index contributed by atoms with van der Waals surface area (Å²) in [5.41, 5.74) is 8.39. The van der Waals surface area contributed by atoms with Crippen LogP contribution >= 0.6 is 0 Å². The van der Waals surface area contributed by atoms with Gasteiger partial charge in [0.1, 0.15) is 16.9 Å². The van der Waals surface area contributed by atoms with Crippen LogP contribution in [0.5, 0.6) is 0 Å². The van der Waals surface area contributed by atoms with E-state index in [4.69, 9.17) is 14.4 Å². The van der Waals surface area contributed by atoms with E-state index >= 15 is 0 Å². The molecule has 0 fully saturated rings. The van der Waals surface area contributed by atoms with Crippen molar-refractivity contribution in [3.63, 3.8) is 0 Å². The number of aromatic nitrogens is 4. The number of hydrogen-bond donors (Lipinski definition) is 0. The molecule has 0 radical (unpaired) electrons. The Kier molecular flexibility index (Phi) is 4.76. The van der Waals surface area contributed by atoms with E-state index in [9.17, 15) is 0 Å². The Morgan fingerprint density at radius 3 is 2.03 bits per heavy atom. The lowest BCUT2D eigenvalue weighted by Crippen LogP contribution is -1.93. The lowest BCUT2D eigenvalue weighted by molar-refractivity contribution is 0.669. The van der Waals surface area contributed by atoms with Crippen LogP contribution in [0, 0.1) is 0 Å². The van der Waals surface area contributed by atoms with Crippen molar-refractivity contribution in [1.82, 2.24) is 19.9 Å². The van der Waals surface area contributed by atoms with Crippen molar-refractivity contribution in [2.75, 3.05) is 0 Å². The maximum atomic E-state index is 6.13. The van der Waals surface area contributed by atoms with Gasteiger partial charge in [-0.3, -0.25) is 0 Å². The molecule has 0 aliphatic heterocycles. The van der Waals surface area contributed by atoms with Gasteiger partial charge in [-0.25, -0.2) is 19.9 Å². The number of fused-ring (bicyclic) bond motifs is 6. The molecule has 5 nitrogen and oxygen atoms in total. The molecule has 0 saturated heterocycles. The Morgan fingerprint density at radius 1 is 0.513 bits per heavy atom. The van der Waals surface area contributed by atoms with Gasteiger partial charge in [0.2, 0.25) is 0 Å². The van der Waals surface area contributed by atoms with Crippen LogP contribution in [-0.4, -0.2) is 19.9 Å². The van der Waals surface area contributed by atoms with Gasteiger partial charge in [0.15, 0.2) is 5.82 Å². The maximum Gasteiger partial charge on any atom is 0.178 e. The van der Waals surface area contributed by atoms with Gasteiger partial charge in [-0.1, -0.05) is 72.8 Å². The van der Waals surface area contributed by atoms with Crippen molar-refractivity contribution >= 4 is 43.7 Å². The van der Waals surface area contributed by atoms with Crippen LogP contribution in [-0.2, 0) is 0 Å². The molecule has 0 atom stereocenters. The first-order valence-corrected chi connectivity index (χ1v) is 12.8. The molecule has 5 heteroatoms. The van der Waals surface area contributed by atoms with E-state index in [1.807, 2.05) is 30.3 Å². The predicted octanol–water partition coefficient (Wildman–Crippen LogP) is 8.47. The standard InChI is InChI=1S/C34H20N4O/c1-2-10-29-26(8-1)31-25(9-4-11-30(31)39-29)23-6-3-7-24(20-23)27-16-14-21-12-13-22-15-17-28(34-35-18-5-19-36-34)38-33(22)32(21)37-27/h1-20H. The highest BCUT2D eigenvalue weighted by molar-refractivity contribution is 6.12. The fourth-order valence-corrected chi connectivity index (χ4v) is 5.35. The zero-order valence-corrected chi connectivity index (χ0v) is 20.7. The first-order chi connectivity index (χ1) is 19.3. The van der Waals surface area contributed by atoms with E-state index in [0.29, 0.717) is 5.82 Å². The summed E-state index contributed by atoms with van der Waals surface area (Å²) in [5, 5.41) is 4.31. The lowest BCUT2D eigenvalue weighted by Gasteiger charge is -2.09. The van der Waals surface area contributed by atoms with Gasteiger partial charge in [-0.05, 0) is 47.5 Å². The van der Waals surface area contributed by atoms with Gasteiger partial charge in [-0.2, -0.15) is 0 Å². The normalized spacial score (nSPS) is 11.6. The molecule has 0 bridgehead atoms. The number of furan rings is 1. The fraction of sp³-hybridized carbons (Fsp3) is 0. The number of benzene rings is 4. The van der Waals surface area contributed by atoms with Crippen LogP contribution in [0.3, 0.4) is 0 Å². The average Bonchev–Trinajstić information content (AvgIpc) is 3.40. The maximum absolute atomic E-state index is 6.13. The summed E-state index contributed by atoms with van der Waals surface area (Å²) >= 11 is 0. The molecule has 0 saturated carbocycles. The third kappa shape index (κ3) is 3.55. The Labute approximate surface area is 223 Å². The Balaban J connectivity index is 1.29. The molecular weight excluding hydrogens is 480 g/mol. The summed E-state index contributed by atoms with van der Waals surface area (Å²) in [6, 6.07) is 37.1. The van der Waals surface area contributed by atoms with Crippen molar-refractivity contribution in [1.29, 1.82) is 0 Å². The number of pyridine rings is 2. The zero-order chi connectivity index (χ0) is 25.8. The smallest absolute Gasteiger partial charge is 0.178 e. The van der Waals surface area contributed by atoms with E-state index in [2.05, 4.69) is 82.8 Å².